The number of nitrogens with zero attached hydrogens (tertiary/aromatic N) is 1. The maximum atomic E-state index is 5.76. The average molecular weight is 235 g/mol. The van der Waals surface area contributed by atoms with Gasteiger partial charge in [-0.05, 0) is 46.3 Å². The summed E-state index contributed by atoms with van der Waals surface area (Å²) in [4.78, 5) is 2.08. The molecule has 0 aromatic rings. The van der Waals surface area contributed by atoms with Crippen LogP contribution < -0.4 is 0 Å². The minimum atomic E-state index is -1.38. The van der Waals surface area contributed by atoms with Crippen molar-refractivity contribution in [2.45, 2.75) is 39.3 Å². The third-order valence-electron chi connectivity index (χ3n) is 1.44. The Bertz CT molecular complexity index is 145. The summed E-state index contributed by atoms with van der Waals surface area (Å²) in [6.45, 7) is 14.5. The first-order valence-corrected chi connectivity index (χ1v) is 11.9. The molecule has 0 spiro atoms. The van der Waals surface area contributed by atoms with Crippen molar-refractivity contribution in [3.8, 4) is 0 Å². The number of hydrogen-bond acceptors (Lipinski definition) is 3. The highest BCUT2D eigenvalue weighted by atomic mass is 28.4. The van der Waals surface area contributed by atoms with Crippen LogP contribution in [-0.2, 0) is 8.85 Å². The zero-order chi connectivity index (χ0) is 11.4. The van der Waals surface area contributed by atoms with Gasteiger partial charge < -0.3 is 8.85 Å². The zero-order valence-electron chi connectivity index (χ0n) is 10.7. The fourth-order valence-corrected chi connectivity index (χ4v) is 1.86. The molecule has 14 heavy (non-hydrogen) atoms. The summed E-state index contributed by atoms with van der Waals surface area (Å²) in [5, 5.41) is 0. The first kappa shape index (κ1) is 14.3. The van der Waals surface area contributed by atoms with Gasteiger partial charge in [0, 0.05) is 0 Å². The van der Waals surface area contributed by atoms with Crippen LogP contribution in [0.3, 0.4) is 0 Å². The van der Waals surface area contributed by atoms with E-state index in [-0.39, 0.29) is 0 Å². The highest BCUT2D eigenvalue weighted by Crippen LogP contribution is 2.05. The number of hydrogen-bond donors (Lipinski definition) is 0. The Morgan fingerprint density at radius 1 is 0.786 bits per heavy atom. The van der Waals surface area contributed by atoms with Crippen molar-refractivity contribution in [3.63, 3.8) is 0 Å². The van der Waals surface area contributed by atoms with Crippen LogP contribution in [-0.4, -0.2) is 42.0 Å². The van der Waals surface area contributed by atoms with Crippen molar-refractivity contribution >= 4 is 16.6 Å². The molecule has 0 heterocycles. The Labute approximate surface area is 90.7 Å². The largest absolute Gasteiger partial charge is 0.405 e. The first-order valence-electron chi connectivity index (χ1n) is 5.07. The van der Waals surface area contributed by atoms with Crippen LogP contribution in [0.1, 0.15) is 0 Å². The number of rotatable bonds is 6. The second-order valence-electron chi connectivity index (χ2n) is 5.63. The van der Waals surface area contributed by atoms with Crippen LogP contribution in [0.4, 0.5) is 0 Å². The maximum absolute atomic E-state index is 5.76. The molecule has 0 amide bonds. The van der Waals surface area contributed by atoms with Gasteiger partial charge in [0.15, 0.2) is 16.6 Å². The molecule has 0 N–H and O–H groups in total. The van der Waals surface area contributed by atoms with Crippen molar-refractivity contribution in [2.24, 2.45) is 0 Å². The second-order valence-corrected chi connectivity index (χ2v) is 14.7. The predicted octanol–water partition coefficient (Wildman–Crippen LogP) is 2.54. The fourth-order valence-electron chi connectivity index (χ4n) is 0.645. The van der Waals surface area contributed by atoms with Crippen LogP contribution in [0, 0.1) is 0 Å². The van der Waals surface area contributed by atoms with Crippen LogP contribution in [0.2, 0.25) is 39.3 Å². The van der Waals surface area contributed by atoms with E-state index in [2.05, 4.69) is 44.2 Å². The van der Waals surface area contributed by atoms with Gasteiger partial charge in [0.25, 0.3) is 0 Å². The molecule has 0 bridgehead atoms. The van der Waals surface area contributed by atoms with Gasteiger partial charge in [-0.15, -0.1) is 0 Å². The van der Waals surface area contributed by atoms with Crippen molar-refractivity contribution in [3.05, 3.63) is 0 Å². The molecule has 0 radical (unpaired) electrons. The van der Waals surface area contributed by atoms with Gasteiger partial charge in [0.05, 0.1) is 13.5 Å². The minimum absolute atomic E-state index is 0.681. The summed E-state index contributed by atoms with van der Waals surface area (Å²) < 4.78 is 11.5. The fraction of sp³-hybridized carbons (Fsp3) is 1.00. The van der Waals surface area contributed by atoms with Gasteiger partial charge in [-0.25, -0.2) is 0 Å². The van der Waals surface area contributed by atoms with Gasteiger partial charge in [0.2, 0.25) is 0 Å². The van der Waals surface area contributed by atoms with Gasteiger partial charge in [0.1, 0.15) is 0 Å². The van der Waals surface area contributed by atoms with E-state index in [0.29, 0.717) is 13.5 Å². The van der Waals surface area contributed by atoms with E-state index >= 15 is 0 Å². The van der Waals surface area contributed by atoms with Crippen LogP contribution >= 0.6 is 0 Å². The van der Waals surface area contributed by atoms with E-state index in [1.54, 1.807) is 0 Å². The van der Waals surface area contributed by atoms with E-state index < -0.39 is 16.6 Å². The molecule has 0 atom stereocenters. The van der Waals surface area contributed by atoms with E-state index in [4.69, 9.17) is 8.85 Å². The molecular formula is C9H25NO2Si2. The maximum Gasteiger partial charge on any atom is 0.185 e. The predicted molar refractivity (Wildman–Crippen MR) is 66.4 cm³/mol. The van der Waals surface area contributed by atoms with Crippen molar-refractivity contribution < 1.29 is 8.85 Å². The van der Waals surface area contributed by atoms with Gasteiger partial charge >= 0.3 is 0 Å². The van der Waals surface area contributed by atoms with E-state index in [9.17, 15) is 0 Å². The van der Waals surface area contributed by atoms with Crippen molar-refractivity contribution in [2.75, 3.05) is 20.5 Å². The Kier molecular flexibility index (Phi) is 5.53. The summed E-state index contributed by atoms with van der Waals surface area (Å²) in [5.41, 5.74) is 0. The molecule has 0 rings (SSSR count). The Balaban J connectivity index is 3.62. The summed E-state index contributed by atoms with van der Waals surface area (Å²) in [6, 6.07) is 0. The molecule has 0 aliphatic rings. The van der Waals surface area contributed by atoms with Gasteiger partial charge in [-0.2, -0.15) is 0 Å². The highest BCUT2D eigenvalue weighted by Gasteiger charge is 2.17. The molecule has 0 aromatic heterocycles. The SMILES string of the molecule is CN(CO[Si](C)(C)C)CO[Si](C)(C)C. The normalized spacial score (nSPS) is 13.7. The first-order chi connectivity index (χ1) is 6.10. The molecule has 0 unspecified atom stereocenters. The Morgan fingerprint density at radius 2 is 1.07 bits per heavy atom. The van der Waals surface area contributed by atoms with Gasteiger partial charge in [-0.1, -0.05) is 0 Å². The summed E-state index contributed by atoms with van der Waals surface area (Å²) in [6.07, 6.45) is 0. The summed E-state index contributed by atoms with van der Waals surface area (Å²) in [7, 11) is -0.734. The third-order valence-corrected chi connectivity index (χ3v) is 3.43. The van der Waals surface area contributed by atoms with Gasteiger partial charge in [-0.3, -0.25) is 4.90 Å². The van der Waals surface area contributed by atoms with Crippen LogP contribution in [0.5, 0.6) is 0 Å². The lowest BCUT2D eigenvalue weighted by Gasteiger charge is -2.26. The van der Waals surface area contributed by atoms with E-state index in [1.807, 2.05) is 7.05 Å². The lowest BCUT2D eigenvalue weighted by Crippen LogP contribution is -2.37. The molecule has 0 saturated heterocycles. The quantitative estimate of drug-likeness (QED) is 0.522. The van der Waals surface area contributed by atoms with E-state index in [0.717, 1.165) is 0 Å². The summed E-state index contributed by atoms with van der Waals surface area (Å²) >= 11 is 0. The standard InChI is InChI=1S/C9H25NO2Si2/c1-10(8-11-13(2,3)4)9-12-14(5,6)7/h8-9H2,1-7H3. The average Bonchev–Trinajstić information content (AvgIpc) is 1.94. The molecule has 0 saturated carbocycles. The molecular weight excluding hydrogens is 210 g/mol. The lowest BCUT2D eigenvalue weighted by atomic mass is 10.9. The van der Waals surface area contributed by atoms with Crippen molar-refractivity contribution in [1.29, 1.82) is 0 Å². The molecule has 0 fully saturated rings. The smallest absolute Gasteiger partial charge is 0.185 e. The third kappa shape index (κ3) is 10.4. The Hall–Kier alpha value is 0.314. The molecule has 3 nitrogen and oxygen atoms in total. The molecule has 0 aromatic carbocycles. The van der Waals surface area contributed by atoms with Crippen molar-refractivity contribution in [1.82, 2.24) is 4.90 Å². The lowest BCUT2D eigenvalue weighted by molar-refractivity contribution is 0.0691. The van der Waals surface area contributed by atoms with E-state index in [1.165, 1.54) is 0 Å². The second kappa shape index (κ2) is 5.41. The molecule has 86 valence electrons. The Morgan fingerprint density at radius 3 is 1.29 bits per heavy atom. The molecule has 0 aliphatic carbocycles. The monoisotopic (exact) mass is 235 g/mol. The minimum Gasteiger partial charge on any atom is -0.405 e. The van der Waals surface area contributed by atoms with Crippen LogP contribution in [0.25, 0.3) is 0 Å². The molecule has 0 aliphatic heterocycles. The highest BCUT2D eigenvalue weighted by molar-refractivity contribution is 6.70. The van der Waals surface area contributed by atoms with Crippen LogP contribution in [0.15, 0.2) is 0 Å². The topological polar surface area (TPSA) is 21.7 Å². The summed E-state index contributed by atoms with van der Waals surface area (Å²) in [5.74, 6) is 0. The molecule has 5 heteroatoms. The zero-order valence-corrected chi connectivity index (χ0v) is 12.7.